The van der Waals surface area contributed by atoms with Crippen molar-refractivity contribution in [2.45, 2.75) is 0 Å². The molecule has 1 N–H and O–H groups in total. The molecule has 0 saturated carbocycles. The summed E-state index contributed by atoms with van der Waals surface area (Å²) in [5.74, 6) is -0.377. The zero-order valence-electron chi connectivity index (χ0n) is 5.74. The Kier molecular flexibility index (Phi) is 1.81. The Hall–Kier alpha value is -0.610. The van der Waals surface area contributed by atoms with Gasteiger partial charge in [-0.2, -0.15) is 5.10 Å². The first-order valence-corrected chi connectivity index (χ1v) is 4.34. The first kappa shape index (κ1) is 8.01. The zero-order chi connectivity index (χ0) is 8.72. The molecule has 0 radical (unpaired) electrons. The smallest absolute Gasteiger partial charge is 0.136 e. The van der Waals surface area contributed by atoms with Gasteiger partial charge in [-0.1, -0.05) is 27.5 Å². The number of benzene rings is 1. The van der Waals surface area contributed by atoms with E-state index in [0.29, 0.717) is 15.4 Å². The number of aromatic amines is 1. The van der Waals surface area contributed by atoms with Crippen molar-refractivity contribution in [1.82, 2.24) is 10.2 Å². The highest BCUT2D eigenvalue weighted by Gasteiger charge is 2.09. The van der Waals surface area contributed by atoms with Gasteiger partial charge in [0, 0.05) is 4.47 Å². The summed E-state index contributed by atoms with van der Waals surface area (Å²) in [6.45, 7) is 0. The van der Waals surface area contributed by atoms with Crippen LogP contribution in [0.2, 0.25) is 5.15 Å². The third-order valence-corrected chi connectivity index (χ3v) is 2.26. The summed E-state index contributed by atoms with van der Waals surface area (Å²) in [5, 5.41) is 6.88. The van der Waals surface area contributed by atoms with Gasteiger partial charge in [0.1, 0.15) is 11.0 Å². The molecular formula is C7H3BrClFN2. The van der Waals surface area contributed by atoms with Crippen molar-refractivity contribution < 1.29 is 4.39 Å². The van der Waals surface area contributed by atoms with E-state index < -0.39 is 0 Å². The van der Waals surface area contributed by atoms with E-state index in [1.54, 1.807) is 6.07 Å². The van der Waals surface area contributed by atoms with Crippen LogP contribution in [-0.2, 0) is 0 Å². The third-order valence-electron chi connectivity index (χ3n) is 1.53. The predicted octanol–water partition coefficient (Wildman–Crippen LogP) is 3.12. The number of rotatable bonds is 0. The van der Waals surface area contributed by atoms with Crippen LogP contribution in [0.15, 0.2) is 16.6 Å². The first-order chi connectivity index (χ1) is 5.68. The van der Waals surface area contributed by atoms with Crippen LogP contribution < -0.4 is 0 Å². The molecule has 1 aromatic heterocycles. The SMILES string of the molecule is Fc1cc(Br)cc2n[nH]c(Cl)c12. The second kappa shape index (κ2) is 2.71. The average molecular weight is 249 g/mol. The summed E-state index contributed by atoms with van der Waals surface area (Å²) in [5.41, 5.74) is 0.520. The van der Waals surface area contributed by atoms with Crippen LogP contribution in [0, 0.1) is 5.82 Å². The molecule has 0 bridgehead atoms. The Morgan fingerprint density at radius 3 is 3.00 bits per heavy atom. The highest BCUT2D eigenvalue weighted by molar-refractivity contribution is 9.10. The minimum absolute atomic E-state index is 0.231. The Labute approximate surface area is 80.8 Å². The zero-order valence-corrected chi connectivity index (χ0v) is 8.08. The summed E-state index contributed by atoms with van der Waals surface area (Å²) >= 11 is 8.81. The molecule has 2 nitrogen and oxygen atoms in total. The minimum atomic E-state index is -0.377. The van der Waals surface area contributed by atoms with Crippen molar-refractivity contribution in [3.05, 3.63) is 27.6 Å². The molecule has 0 saturated heterocycles. The van der Waals surface area contributed by atoms with Crippen LogP contribution in [0.3, 0.4) is 0 Å². The molecule has 62 valence electrons. The van der Waals surface area contributed by atoms with Gasteiger partial charge in [-0.25, -0.2) is 4.39 Å². The Morgan fingerprint density at radius 1 is 1.50 bits per heavy atom. The van der Waals surface area contributed by atoms with Crippen molar-refractivity contribution in [1.29, 1.82) is 0 Å². The Balaban J connectivity index is 2.93. The number of hydrogen-bond acceptors (Lipinski definition) is 1. The maximum absolute atomic E-state index is 13.2. The van der Waals surface area contributed by atoms with Crippen LogP contribution in [0.25, 0.3) is 10.9 Å². The van der Waals surface area contributed by atoms with Crippen molar-refractivity contribution in [2.24, 2.45) is 0 Å². The van der Waals surface area contributed by atoms with E-state index in [4.69, 9.17) is 11.6 Å². The number of H-pyrrole nitrogens is 1. The lowest BCUT2D eigenvalue weighted by atomic mass is 10.2. The molecule has 0 aliphatic carbocycles. The summed E-state index contributed by atoms with van der Waals surface area (Å²) < 4.78 is 13.8. The Bertz CT molecular complexity index is 440. The van der Waals surface area contributed by atoms with Crippen molar-refractivity contribution >= 4 is 38.4 Å². The quantitative estimate of drug-likeness (QED) is 0.763. The molecule has 1 aromatic carbocycles. The lowest BCUT2D eigenvalue weighted by molar-refractivity contribution is 0.639. The van der Waals surface area contributed by atoms with Crippen LogP contribution in [0.5, 0.6) is 0 Å². The van der Waals surface area contributed by atoms with Gasteiger partial charge in [0.2, 0.25) is 0 Å². The maximum Gasteiger partial charge on any atom is 0.136 e. The van der Waals surface area contributed by atoms with Gasteiger partial charge in [-0.15, -0.1) is 0 Å². The lowest BCUT2D eigenvalue weighted by Gasteiger charge is -1.92. The maximum atomic E-state index is 13.2. The number of halogens is 3. The fraction of sp³-hybridized carbons (Fsp3) is 0. The topological polar surface area (TPSA) is 28.7 Å². The summed E-state index contributed by atoms with van der Waals surface area (Å²) in [6.07, 6.45) is 0. The van der Waals surface area contributed by atoms with Crippen LogP contribution in [0.4, 0.5) is 4.39 Å². The molecule has 0 fully saturated rings. The van der Waals surface area contributed by atoms with Crippen LogP contribution >= 0.6 is 27.5 Å². The first-order valence-electron chi connectivity index (χ1n) is 3.17. The third kappa shape index (κ3) is 1.11. The molecule has 0 amide bonds. The molecule has 0 unspecified atom stereocenters. The fourth-order valence-electron chi connectivity index (χ4n) is 1.03. The van der Waals surface area contributed by atoms with E-state index in [1.807, 2.05) is 0 Å². The molecule has 0 aliphatic rings. The highest BCUT2D eigenvalue weighted by Crippen LogP contribution is 2.26. The van der Waals surface area contributed by atoms with Crippen LogP contribution in [-0.4, -0.2) is 10.2 Å². The van der Waals surface area contributed by atoms with E-state index in [0.717, 1.165) is 0 Å². The van der Waals surface area contributed by atoms with Gasteiger partial charge in [-0.05, 0) is 12.1 Å². The molecule has 0 atom stereocenters. The van der Waals surface area contributed by atoms with E-state index in [-0.39, 0.29) is 11.0 Å². The second-order valence-corrected chi connectivity index (χ2v) is 3.61. The van der Waals surface area contributed by atoms with E-state index in [9.17, 15) is 4.39 Å². The summed E-state index contributed by atoms with van der Waals surface area (Å²) in [4.78, 5) is 0. The number of aromatic nitrogens is 2. The number of fused-ring (bicyclic) bond motifs is 1. The molecule has 0 spiro atoms. The molecule has 2 rings (SSSR count). The average Bonchev–Trinajstić information content (AvgIpc) is 2.31. The van der Waals surface area contributed by atoms with Gasteiger partial charge in [0.15, 0.2) is 0 Å². The molecular weight excluding hydrogens is 246 g/mol. The van der Waals surface area contributed by atoms with Crippen molar-refractivity contribution in [3.63, 3.8) is 0 Å². The van der Waals surface area contributed by atoms with Crippen molar-refractivity contribution in [3.8, 4) is 0 Å². The van der Waals surface area contributed by atoms with Crippen molar-refractivity contribution in [2.75, 3.05) is 0 Å². The number of nitrogens with one attached hydrogen (secondary N) is 1. The monoisotopic (exact) mass is 248 g/mol. The normalized spacial score (nSPS) is 10.9. The molecule has 2 aromatic rings. The second-order valence-electron chi connectivity index (χ2n) is 2.32. The largest absolute Gasteiger partial charge is 0.266 e. The predicted molar refractivity (Wildman–Crippen MR) is 48.8 cm³/mol. The molecule has 12 heavy (non-hydrogen) atoms. The molecule has 1 heterocycles. The summed E-state index contributed by atoms with van der Waals surface area (Å²) in [7, 11) is 0. The standard InChI is InChI=1S/C7H3BrClFN2/c8-3-1-4(10)6-5(2-3)11-12-7(6)9/h1-2H,(H,11,12). The van der Waals surface area contributed by atoms with E-state index in [1.165, 1.54) is 6.07 Å². The molecule has 5 heteroatoms. The van der Waals surface area contributed by atoms with Gasteiger partial charge in [0.25, 0.3) is 0 Å². The van der Waals surface area contributed by atoms with Gasteiger partial charge in [-0.3, -0.25) is 5.10 Å². The van der Waals surface area contributed by atoms with E-state index in [2.05, 4.69) is 26.1 Å². The summed E-state index contributed by atoms with van der Waals surface area (Å²) in [6, 6.07) is 3.05. The number of hydrogen-bond donors (Lipinski definition) is 1. The Morgan fingerprint density at radius 2 is 2.25 bits per heavy atom. The van der Waals surface area contributed by atoms with Crippen LogP contribution in [0.1, 0.15) is 0 Å². The fourth-order valence-corrected chi connectivity index (χ4v) is 1.68. The lowest BCUT2D eigenvalue weighted by Crippen LogP contribution is -1.76. The number of nitrogens with zero attached hydrogens (tertiary/aromatic N) is 1. The van der Waals surface area contributed by atoms with Gasteiger partial charge < -0.3 is 0 Å². The van der Waals surface area contributed by atoms with Gasteiger partial charge in [0.05, 0.1) is 10.9 Å². The highest BCUT2D eigenvalue weighted by atomic mass is 79.9. The van der Waals surface area contributed by atoms with E-state index >= 15 is 0 Å². The minimum Gasteiger partial charge on any atom is -0.266 e. The molecule has 0 aliphatic heterocycles. The van der Waals surface area contributed by atoms with Gasteiger partial charge >= 0.3 is 0 Å².